The lowest BCUT2D eigenvalue weighted by atomic mass is 10.1. The molecule has 1 atom stereocenters. The van der Waals surface area contributed by atoms with Crippen molar-refractivity contribution in [2.45, 2.75) is 45.2 Å². The van der Waals surface area contributed by atoms with Crippen molar-refractivity contribution in [3.63, 3.8) is 0 Å². The van der Waals surface area contributed by atoms with Gasteiger partial charge in [0.1, 0.15) is 12.6 Å². The van der Waals surface area contributed by atoms with E-state index in [2.05, 4.69) is 10.6 Å². The van der Waals surface area contributed by atoms with Crippen LogP contribution in [0.4, 0.5) is 20.2 Å². The van der Waals surface area contributed by atoms with Crippen molar-refractivity contribution in [2.24, 2.45) is 5.92 Å². The minimum absolute atomic E-state index is 0.00772. The van der Waals surface area contributed by atoms with Crippen LogP contribution in [0.15, 0.2) is 30.3 Å². The molecule has 8 nitrogen and oxygen atoms in total. The molecule has 3 amide bonds. The minimum atomic E-state index is -2.88. The van der Waals surface area contributed by atoms with Crippen molar-refractivity contribution < 1.29 is 27.9 Å². The van der Waals surface area contributed by atoms with Gasteiger partial charge in [0, 0.05) is 42.6 Å². The van der Waals surface area contributed by atoms with E-state index in [1.807, 2.05) is 18.7 Å². The number of nitrogens with one attached hydrogen (secondary N) is 2. The van der Waals surface area contributed by atoms with E-state index in [-0.39, 0.29) is 54.7 Å². The Bertz CT molecular complexity index is 1170. The Morgan fingerprint density at radius 1 is 1.24 bits per heavy atom. The number of carbonyl (C=O) groups excluding carboxylic acids is 3. The number of halogens is 3. The molecule has 2 N–H and O–H groups in total. The first-order chi connectivity index (χ1) is 18.1. The van der Waals surface area contributed by atoms with E-state index < -0.39 is 18.4 Å². The van der Waals surface area contributed by atoms with Crippen LogP contribution < -0.4 is 15.5 Å². The lowest BCUT2D eigenvalue weighted by Crippen LogP contribution is -2.52. The molecule has 1 aromatic carbocycles. The summed E-state index contributed by atoms with van der Waals surface area (Å²) in [5, 5.41) is 5.49. The highest BCUT2D eigenvalue weighted by Gasteiger charge is 2.38. The average Bonchev–Trinajstić information content (AvgIpc) is 3.63. The number of amides is 3. The lowest BCUT2D eigenvalue weighted by Gasteiger charge is -2.32. The number of hydrogen-bond donors (Lipinski definition) is 2. The fraction of sp³-hybridized carbons (Fsp3) is 0.500. The number of alkyl halides is 2. The van der Waals surface area contributed by atoms with E-state index >= 15 is 0 Å². The molecule has 0 unspecified atom stereocenters. The van der Waals surface area contributed by atoms with Gasteiger partial charge in [-0.25, -0.2) is 8.78 Å². The first-order valence-corrected chi connectivity index (χ1v) is 13.7. The molecule has 38 heavy (non-hydrogen) atoms. The van der Waals surface area contributed by atoms with Crippen molar-refractivity contribution >= 4 is 52.0 Å². The Labute approximate surface area is 229 Å². The van der Waals surface area contributed by atoms with Gasteiger partial charge in [-0.15, -0.1) is 11.3 Å². The van der Waals surface area contributed by atoms with Crippen LogP contribution in [0, 0.1) is 5.92 Å². The molecule has 2 aliphatic rings. The van der Waals surface area contributed by atoms with Gasteiger partial charge in [-0.1, -0.05) is 25.4 Å². The lowest BCUT2D eigenvalue weighted by molar-refractivity contribution is -0.125. The van der Waals surface area contributed by atoms with Gasteiger partial charge in [-0.3, -0.25) is 19.3 Å². The first-order valence-electron chi connectivity index (χ1n) is 12.5. The van der Waals surface area contributed by atoms with E-state index in [4.69, 9.17) is 16.3 Å². The molecule has 206 valence electrons. The third-order valence-electron chi connectivity index (χ3n) is 6.37. The van der Waals surface area contributed by atoms with Gasteiger partial charge in [0.15, 0.2) is 0 Å². The SMILES string of the molecule is CC(C)CN(C1CC1)[C@H](CNC(=O)c1ccc(Cl)s1)C(=O)Nc1ccc(N2CCOCC2=O)cc1C(F)F. The largest absolute Gasteiger partial charge is 0.370 e. The van der Waals surface area contributed by atoms with Gasteiger partial charge in [-0.2, -0.15) is 0 Å². The van der Waals surface area contributed by atoms with Crippen LogP contribution in [0.2, 0.25) is 4.34 Å². The molecule has 2 fully saturated rings. The average molecular weight is 569 g/mol. The second-order valence-corrected chi connectivity index (χ2v) is 11.5. The highest BCUT2D eigenvalue weighted by atomic mass is 35.5. The maximum atomic E-state index is 14.1. The Kier molecular flexibility index (Phi) is 9.35. The number of carbonyl (C=O) groups is 3. The Morgan fingerprint density at radius 3 is 2.61 bits per heavy atom. The molecule has 0 bridgehead atoms. The molecule has 1 saturated carbocycles. The van der Waals surface area contributed by atoms with Gasteiger partial charge >= 0.3 is 0 Å². The number of rotatable bonds is 11. The molecule has 2 heterocycles. The maximum absolute atomic E-state index is 14.1. The van der Waals surface area contributed by atoms with Crippen molar-refractivity contribution in [2.75, 3.05) is 43.1 Å². The minimum Gasteiger partial charge on any atom is -0.370 e. The van der Waals surface area contributed by atoms with Gasteiger partial charge in [0.25, 0.3) is 18.2 Å². The summed E-state index contributed by atoms with van der Waals surface area (Å²) in [6, 6.07) is 6.81. The number of benzene rings is 1. The Balaban J connectivity index is 1.55. The number of thiophene rings is 1. The molecule has 0 radical (unpaired) electrons. The molecule has 1 saturated heterocycles. The van der Waals surface area contributed by atoms with Crippen LogP contribution in [0.1, 0.15) is 48.3 Å². The fourth-order valence-corrected chi connectivity index (χ4v) is 5.41. The molecule has 4 rings (SSSR count). The fourth-order valence-electron chi connectivity index (χ4n) is 4.45. The molecule has 1 aromatic heterocycles. The highest BCUT2D eigenvalue weighted by Crippen LogP contribution is 2.33. The van der Waals surface area contributed by atoms with Crippen molar-refractivity contribution in [3.05, 3.63) is 45.1 Å². The highest BCUT2D eigenvalue weighted by molar-refractivity contribution is 7.18. The Hall–Kier alpha value is -2.60. The maximum Gasteiger partial charge on any atom is 0.265 e. The summed E-state index contributed by atoms with van der Waals surface area (Å²) in [4.78, 5) is 42.3. The van der Waals surface area contributed by atoms with Crippen molar-refractivity contribution in [1.29, 1.82) is 0 Å². The zero-order valence-corrected chi connectivity index (χ0v) is 22.8. The second kappa shape index (κ2) is 12.5. The number of morpholine rings is 1. The van der Waals surface area contributed by atoms with Gasteiger partial charge in [-0.05, 0) is 49.1 Å². The number of nitrogens with zero attached hydrogens (tertiary/aromatic N) is 2. The van der Waals surface area contributed by atoms with E-state index in [1.54, 1.807) is 12.1 Å². The molecule has 12 heteroatoms. The van der Waals surface area contributed by atoms with Gasteiger partial charge < -0.3 is 20.3 Å². The molecule has 2 aromatic rings. The molecular weight excluding hydrogens is 538 g/mol. The summed E-state index contributed by atoms with van der Waals surface area (Å²) in [7, 11) is 0. The van der Waals surface area contributed by atoms with Crippen LogP contribution in [0.25, 0.3) is 0 Å². The summed E-state index contributed by atoms with van der Waals surface area (Å²) in [5.74, 6) is -0.906. The van der Waals surface area contributed by atoms with Crippen LogP contribution in [0.5, 0.6) is 0 Å². The van der Waals surface area contributed by atoms with E-state index in [1.165, 1.54) is 23.1 Å². The van der Waals surface area contributed by atoms with E-state index in [0.29, 0.717) is 28.1 Å². The quantitative estimate of drug-likeness (QED) is 0.415. The molecule has 1 aliphatic carbocycles. The zero-order chi connectivity index (χ0) is 27.4. The topological polar surface area (TPSA) is 91.0 Å². The molecule has 1 aliphatic heterocycles. The number of ether oxygens (including phenoxy) is 1. The third kappa shape index (κ3) is 7.07. The number of hydrogen-bond acceptors (Lipinski definition) is 6. The predicted molar refractivity (Wildman–Crippen MR) is 143 cm³/mol. The normalized spacial score (nSPS) is 16.8. The Morgan fingerprint density at radius 2 is 2.00 bits per heavy atom. The summed E-state index contributed by atoms with van der Waals surface area (Å²) >= 11 is 7.09. The molecular formula is C26H31ClF2N4O4S. The van der Waals surface area contributed by atoms with E-state index in [9.17, 15) is 23.2 Å². The van der Waals surface area contributed by atoms with Crippen molar-refractivity contribution in [3.8, 4) is 0 Å². The molecule has 0 spiro atoms. The monoisotopic (exact) mass is 568 g/mol. The first kappa shape index (κ1) is 28.4. The van der Waals surface area contributed by atoms with Crippen LogP contribution in [0.3, 0.4) is 0 Å². The van der Waals surface area contributed by atoms with Crippen LogP contribution in [-0.2, 0) is 14.3 Å². The van der Waals surface area contributed by atoms with Gasteiger partial charge in [0.05, 0.1) is 15.8 Å². The van der Waals surface area contributed by atoms with Crippen molar-refractivity contribution in [1.82, 2.24) is 10.2 Å². The summed E-state index contributed by atoms with van der Waals surface area (Å²) in [6.45, 7) is 5.16. The summed E-state index contributed by atoms with van der Waals surface area (Å²) in [5.41, 5.74) is -0.0893. The predicted octanol–water partition coefficient (Wildman–Crippen LogP) is 4.56. The summed E-state index contributed by atoms with van der Waals surface area (Å²) < 4.78 is 33.8. The number of anilines is 2. The van der Waals surface area contributed by atoms with Crippen LogP contribution in [-0.4, -0.2) is 67.6 Å². The third-order valence-corrected chi connectivity index (χ3v) is 7.60. The standard InChI is InChI=1S/C26H31ClF2N4O4S/c1-15(2)13-33(16-3-4-16)20(12-30-26(36)21-7-8-22(27)38-21)25(35)31-19-6-5-17(11-18(19)24(28)29)32-9-10-37-14-23(32)34/h5-8,11,15-16,20,24H,3-4,9-10,12-14H2,1-2H3,(H,30,36)(H,31,35)/t20-/m1/s1. The second-order valence-electron chi connectivity index (χ2n) is 9.81. The summed E-state index contributed by atoms with van der Waals surface area (Å²) in [6.07, 6.45) is -1.02. The van der Waals surface area contributed by atoms with E-state index in [0.717, 1.165) is 24.2 Å². The van der Waals surface area contributed by atoms with Crippen LogP contribution >= 0.6 is 22.9 Å². The zero-order valence-electron chi connectivity index (χ0n) is 21.2. The van der Waals surface area contributed by atoms with Gasteiger partial charge in [0.2, 0.25) is 5.91 Å². The smallest absolute Gasteiger partial charge is 0.265 e.